The van der Waals surface area contributed by atoms with Crippen molar-refractivity contribution < 1.29 is 4.79 Å². The Hall–Kier alpha value is -2.61. The summed E-state index contributed by atoms with van der Waals surface area (Å²) in [6.45, 7) is 6.45. The number of benzene rings is 2. The largest absolute Gasteiger partial charge is 0.358 e. The number of dihydropyridines is 1. The molecular weight excluding hydrogens is 318 g/mol. The van der Waals surface area contributed by atoms with Crippen molar-refractivity contribution in [3.05, 3.63) is 88.6 Å². The predicted octanol–water partition coefficient (Wildman–Crippen LogP) is 5.37. The summed E-state index contributed by atoms with van der Waals surface area (Å²) in [4.78, 5) is 13.0. The lowest BCUT2D eigenvalue weighted by molar-refractivity contribution is -0.118. The Balaban J connectivity index is 1.84. The first-order chi connectivity index (χ1) is 12.4. The summed E-state index contributed by atoms with van der Waals surface area (Å²) < 4.78 is 0. The lowest BCUT2D eigenvalue weighted by atomic mass is 9.70. The smallest absolute Gasteiger partial charge is 0.162 e. The highest BCUT2D eigenvalue weighted by atomic mass is 16.1. The summed E-state index contributed by atoms with van der Waals surface area (Å²) >= 11 is 0. The van der Waals surface area contributed by atoms with Gasteiger partial charge in [-0.2, -0.15) is 0 Å². The summed E-state index contributed by atoms with van der Waals surface area (Å²) in [5.74, 6) is 0.295. The van der Waals surface area contributed by atoms with Gasteiger partial charge in [0, 0.05) is 29.3 Å². The summed E-state index contributed by atoms with van der Waals surface area (Å²) in [5, 5.41) is 3.59. The van der Waals surface area contributed by atoms with E-state index in [4.69, 9.17) is 0 Å². The molecule has 26 heavy (non-hydrogen) atoms. The Morgan fingerprint density at radius 1 is 0.962 bits per heavy atom. The molecule has 2 aliphatic rings. The van der Waals surface area contributed by atoms with Gasteiger partial charge in [-0.15, -0.1) is 0 Å². The number of rotatable bonds is 2. The Kier molecular flexibility index (Phi) is 4.07. The number of allylic oxidation sites excluding steroid dienone is 3. The third-order valence-electron chi connectivity index (χ3n) is 5.37. The first-order valence-electron chi connectivity index (χ1n) is 9.30. The topological polar surface area (TPSA) is 29.1 Å². The maximum atomic E-state index is 13.0. The van der Waals surface area contributed by atoms with Crippen LogP contribution in [0.3, 0.4) is 0 Å². The van der Waals surface area contributed by atoms with Crippen molar-refractivity contribution in [3.63, 3.8) is 0 Å². The normalized spacial score (nSPS) is 21.7. The van der Waals surface area contributed by atoms with E-state index in [2.05, 4.69) is 80.7 Å². The molecule has 1 atom stereocenters. The molecular formula is C24H25NO. The zero-order valence-corrected chi connectivity index (χ0v) is 15.7. The maximum Gasteiger partial charge on any atom is 0.162 e. The number of hydrogen-bond donors (Lipinski definition) is 1. The molecule has 0 radical (unpaired) electrons. The summed E-state index contributed by atoms with van der Waals surface area (Å²) in [6.07, 6.45) is 3.74. The van der Waals surface area contributed by atoms with Crippen LogP contribution in [0.15, 0.2) is 71.9 Å². The van der Waals surface area contributed by atoms with Gasteiger partial charge < -0.3 is 5.32 Å². The summed E-state index contributed by atoms with van der Waals surface area (Å²) in [7, 11) is 0. The van der Waals surface area contributed by atoms with Crippen LogP contribution in [-0.2, 0) is 4.79 Å². The fraction of sp³-hybridized carbons (Fsp3) is 0.292. The van der Waals surface area contributed by atoms with Crippen LogP contribution in [-0.4, -0.2) is 5.78 Å². The van der Waals surface area contributed by atoms with E-state index in [1.54, 1.807) is 0 Å². The second kappa shape index (κ2) is 6.28. The molecule has 1 aliphatic carbocycles. The first kappa shape index (κ1) is 16.8. The monoisotopic (exact) mass is 343 g/mol. The average molecular weight is 343 g/mol. The Morgan fingerprint density at radius 3 is 2.35 bits per heavy atom. The molecule has 1 unspecified atom stereocenters. The van der Waals surface area contributed by atoms with Crippen LogP contribution in [0.2, 0.25) is 0 Å². The molecule has 0 aromatic heterocycles. The molecule has 1 aliphatic heterocycles. The lowest BCUT2D eigenvalue weighted by Crippen LogP contribution is -2.35. The molecule has 0 saturated carbocycles. The second-order valence-electron chi connectivity index (χ2n) is 8.29. The van der Waals surface area contributed by atoms with Crippen LogP contribution < -0.4 is 5.32 Å². The highest BCUT2D eigenvalue weighted by molar-refractivity contribution is 6.00. The SMILES string of the molecule is Cc1ccc(C2C=C(c3ccccc3)NC3=C2C(=O)CC(C)(C)C3)cc1. The van der Waals surface area contributed by atoms with E-state index in [9.17, 15) is 4.79 Å². The number of Topliss-reactive ketones (excluding diaryl/α,β-unsaturated/α-hetero) is 1. The van der Waals surface area contributed by atoms with Crippen molar-refractivity contribution in [2.75, 3.05) is 0 Å². The molecule has 2 aromatic carbocycles. The molecule has 1 N–H and O–H groups in total. The second-order valence-corrected chi connectivity index (χ2v) is 8.29. The quantitative estimate of drug-likeness (QED) is 0.794. The fourth-order valence-corrected chi connectivity index (χ4v) is 4.08. The van der Waals surface area contributed by atoms with Crippen molar-refractivity contribution in [2.45, 2.75) is 39.5 Å². The third-order valence-corrected chi connectivity index (χ3v) is 5.37. The molecule has 0 saturated heterocycles. The highest BCUT2D eigenvalue weighted by Gasteiger charge is 2.38. The van der Waals surface area contributed by atoms with Crippen molar-refractivity contribution in [2.24, 2.45) is 5.41 Å². The van der Waals surface area contributed by atoms with Crippen molar-refractivity contribution >= 4 is 11.5 Å². The van der Waals surface area contributed by atoms with Gasteiger partial charge in [0.2, 0.25) is 0 Å². The van der Waals surface area contributed by atoms with Crippen LogP contribution in [0.1, 0.15) is 49.3 Å². The van der Waals surface area contributed by atoms with E-state index in [-0.39, 0.29) is 17.1 Å². The minimum absolute atomic E-state index is 0.000119. The van der Waals surface area contributed by atoms with E-state index < -0.39 is 0 Å². The zero-order valence-electron chi connectivity index (χ0n) is 15.7. The summed E-state index contributed by atoms with van der Waals surface area (Å²) in [5.41, 5.74) is 6.73. The van der Waals surface area contributed by atoms with Gasteiger partial charge in [-0.3, -0.25) is 4.79 Å². The number of aryl methyl sites for hydroxylation is 1. The minimum atomic E-state index is -0.000119. The van der Waals surface area contributed by atoms with Crippen LogP contribution in [0, 0.1) is 12.3 Å². The number of hydrogen-bond acceptors (Lipinski definition) is 2. The Bertz CT molecular complexity index is 901. The molecule has 0 spiro atoms. The summed E-state index contributed by atoms with van der Waals surface area (Å²) in [6, 6.07) is 18.9. The van der Waals surface area contributed by atoms with Gasteiger partial charge in [0.05, 0.1) is 0 Å². The van der Waals surface area contributed by atoms with E-state index in [0.29, 0.717) is 6.42 Å². The average Bonchev–Trinajstić information content (AvgIpc) is 2.61. The van der Waals surface area contributed by atoms with Gasteiger partial charge in [-0.25, -0.2) is 0 Å². The van der Waals surface area contributed by atoms with Crippen molar-refractivity contribution in [1.29, 1.82) is 0 Å². The van der Waals surface area contributed by atoms with Gasteiger partial charge >= 0.3 is 0 Å². The third kappa shape index (κ3) is 3.12. The van der Waals surface area contributed by atoms with Gasteiger partial charge in [0.15, 0.2) is 5.78 Å². The van der Waals surface area contributed by atoms with Gasteiger partial charge in [0.1, 0.15) is 0 Å². The van der Waals surface area contributed by atoms with Crippen LogP contribution in [0.5, 0.6) is 0 Å². The molecule has 0 bridgehead atoms. The Labute approximate surface area is 155 Å². The molecule has 2 aromatic rings. The first-order valence-corrected chi connectivity index (χ1v) is 9.30. The molecule has 1 heterocycles. The van der Waals surface area contributed by atoms with E-state index >= 15 is 0 Å². The number of nitrogens with one attached hydrogen (secondary N) is 1. The van der Waals surface area contributed by atoms with Crippen LogP contribution >= 0.6 is 0 Å². The van der Waals surface area contributed by atoms with Crippen LogP contribution in [0.4, 0.5) is 0 Å². The molecule has 132 valence electrons. The predicted molar refractivity (Wildman–Crippen MR) is 107 cm³/mol. The molecule has 4 rings (SSSR count). The maximum absolute atomic E-state index is 13.0. The Morgan fingerprint density at radius 2 is 1.65 bits per heavy atom. The van der Waals surface area contributed by atoms with Crippen molar-refractivity contribution in [1.82, 2.24) is 5.32 Å². The van der Waals surface area contributed by atoms with E-state index in [0.717, 1.165) is 29.0 Å². The van der Waals surface area contributed by atoms with E-state index in [1.807, 2.05) is 6.07 Å². The van der Waals surface area contributed by atoms with Crippen LogP contribution in [0.25, 0.3) is 5.70 Å². The van der Waals surface area contributed by atoms with Crippen molar-refractivity contribution in [3.8, 4) is 0 Å². The zero-order chi connectivity index (χ0) is 18.3. The van der Waals surface area contributed by atoms with Gasteiger partial charge in [-0.1, -0.05) is 74.0 Å². The number of ketones is 1. The fourth-order valence-electron chi connectivity index (χ4n) is 4.08. The van der Waals surface area contributed by atoms with E-state index in [1.165, 1.54) is 11.1 Å². The molecule has 2 nitrogen and oxygen atoms in total. The lowest BCUT2D eigenvalue weighted by Gasteiger charge is -2.38. The highest BCUT2D eigenvalue weighted by Crippen LogP contribution is 2.44. The number of carbonyl (C=O) groups is 1. The molecule has 2 heteroatoms. The molecule has 0 amide bonds. The standard InChI is InChI=1S/C24H25NO/c1-16-9-11-17(12-10-16)19-13-20(18-7-5-4-6-8-18)25-21-14-24(2,3)15-22(26)23(19)21/h4-13,19,25H,14-15H2,1-3H3. The minimum Gasteiger partial charge on any atom is -0.358 e. The number of carbonyl (C=O) groups excluding carboxylic acids is 1. The van der Waals surface area contributed by atoms with Gasteiger partial charge in [0.25, 0.3) is 0 Å². The molecule has 0 fully saturated rings. The van der Waals surface area contributed by atoms with Gasteiger partial charge in [-0.05, 0) is 36.0 Å².